The van der Waals surface area contributed by atoms with E-state index in [1.807, 2.05) is 71.7 Å². The first-order valence-corrected chi connectivity index (χ1v) is 12.2. The summed E-state index contributed by atoms with van der Waals surface area (Å²) >= 11 is 6.36. The monoisotopic (exact) mass is 490 g/mol. The molecule has 5 nitrogen and oxygen atoms in total. The molecule has 176 valence electrons. The molecular weight excluding hydrogens is 468 g/mol. The molecule has 0 saturated carbocycles. The lowest BCUT2D eigenvalue weighted by molar-refractivity contribution is 0.415. The highest BCUT2D eigenvalue weighted by Gasteiger charge is 2.32. The zero-order chi connectivity index (χ0) is 24.5. The van der Waals surface area contributed by atoms with Crippen LogP contribution in [0.3, 0.4) is 0 Å². The Balaban J connectivity index is 1.52. The molecule has 6 heteroatoms. The first kappa shape index (κ1) is 22.3. The quantitative estimate of drug-likeness (QED) is 0.259. The Bertz CT molecular complexity index is 1550. The van der Waals surface area contributed by atoms with Gasteiger partial charge in [0.1, 0.15) is 5.75 Å². The predicted octanol–water partition coefficient (Wildman–Crippen LogP) is 7.31. The van der Waals surface area contributed by atoms with Crippen molar-refractivity contribution >= 4 is 34.2 Å². The normalized spacial score (nSPS) is 15.2. The van der Waals surface area contributed by atoms with Gasteiger partial charge in [-0.05, 0) is 53.6 Å². The van der Waals surface area contributed by atoms with Crippen molar-refractivity contribution in [3.05, 3.63) is 119 Å². The number of nitrogens with zero attached hydrogens (tertiary/aromatic N) is 4. The first-order chi connectivity index (χ1) is 17.7. The van der Waals surface area contributed by atoms with Crippen molar-refractivity contribution in [3.8, 4) is 17.0 Å². The number of hydrazone groups is 1. The minimum absolute atomic E-state index is 0.0309. The van der Waals surface area contributed by atoms with Gasteiger partial charge in [0.05, 0.1) is 30.1 Å². The smallest absolute Gasteiger partial charge is 0.247 e. The van der Waals surface area contributed by atoms with E-state index in [1.54, 1.807) is 7.11 Å². The zero-order valence-electron chi connectivity index (χ0n) is 19.7. The summed E-state index contributed by atoms with van der Waals surface area (Å²) in [6.45, 7) is 0. The Hall–Kier alpha value is -4.22. The third-order valence-electron chi connectivity index (χ3n) is 6.42. The highest BCUT2D eigenvalue weighted by Crippen LogP contribution is 2.38. The fourth-order valence-electron chi connectivity index (χ4n) is 4.59. The van der Waals surface area contributed by atoms with E-state index >= 15 is 0 Å². The maximum Gasteiger partial charge on any atom is 0.247 e. The van der Waals surface area contributed by atoms with Crippen molar-refractivity contribution in [1.29, 1.82) is 0 Å². The molecular formula is C30H23ClN4O. The van der Waals surface area contributed by atoms with Gasteiger partial charge in [-0.25, -0.2) is 15.0 Å². The molecule has 0 N–H and O–H groups in total. The van der Waals surface area contributed by atoms with Gasteiger partial charge in [0.25, 0.3) is 0 Å². The summed E-state index contributed by atoms with van der Waals surface area (Å²) < 4.78 is 5.34. The van der Waals surface area contributed by atoms with Crippen LogP contribution in [0, 0.1) is 0 Å². The number of hydrogen-bond donors (Lipinski definition) is 0. The van der Waals surface area contributed by atoms with Crippen LogP contribution in [0.1, 0.15) is 23.6 Å². The number of hydrogen-bond acceptors (Lipinski definition) is 5. The van der Waals surface area contributed by atoms with Gasteiger partial charge in [0, 0.05) is 22.4 Å². The maximum atomic E-state index is 6.36. The number of anilines is 1. The molecule has 1 aromatic heterocycles. The van der Waals surface area contributed by atoms with Crippen LogP contribution in [0.25, 0.3) is 22.2 Å². The second-order valence-corrected chi connectivity index (χ2v) is 9.09. The predicted molar refractivity (Wildman–Crippen MR) is 146 cm³/mol. The molecule has 0 fully saturated rings. The molecule has 0 bridgehead atoms. The standard InChI is InChI=1S/C30H23ClN4O/c1-36-24-15-12-20(13-16-24)27-19-28(21-8-4-2-5-9-21)35(34-27)30-32-26-17-14-23(31)18-25(26)29(33-30)22-10-6-3-7-11-22/h2-18,28H,19H2,1H3/t28-/m1/s1. The first-order valence-electron chi connectivity index (χ1n) is 11.8. The van der Waals surface area contributed by atoms with Gasteiger partial charge in [0.15, 0.2) is 0 Å². The highest BCUT2D eigenvalue weighted by molar-refractivity contribution is 6.31. The van der Waals surface area contributed by atoms with Crippen LogP contribution in [0.15, 0.2) is 108 Å². The van der Waals surface area contributed by atoms with Crippen LogP contribution in [0.5, 0.6) is 5.75 Å². The fourth-order valence-corrected chi connectivity index (χ4v) is 4.77. The fraction of sp³-hybridized carbons (Fsp3) is 0.100. The van der Waals surface area contributed by atoms with Crippen molar-refractivity contribution in [2.75, 3.05) is 12.1 Å². The third-order valence-corrected chi connectivity index (χ3v) is 6.65. The van der Waals surface area contributed by atoms with E-state index in [9.17, 15) is 0 Å². The topological polar surface area (TPSA) is 50.6 Å². The Morgan fingerprint density at radius 3 is 2.25 bits per heavy atom. The Kier molecular flexibility index (Phi) is 5.84. The van der Waals surface area contributed by atoms with Gasteiger partial charge in [-0.2, -0.15) is 5.10 Å². The van der Waals surface area contributed by atoms with Crippen LogP contribution >= 0.6 is 11.6 Å². The molecule has 6 rings (SSSR count). The van der Waals surface area contributed by atoms with Crippen LogP contribution in [0.4, 0.5) is 5.95 Å². The second kappa shape index (κ2) is 9.44. The summed E-state index contributed by atoms with van der Waals surface area (Å²) in [5, 5.41) is 8.57. The minimum Gasteiger partial charge on any atom is -0.497 e. The van der Waals surface area contributed by atoms with Crippen molar-refractivity contribution in [2.45, 2.75) is 12.5 Å². The molecule has 0 unspecified atom stereocenters. The van der Waals surface area contributed by atoms with E-state index in [4.69, 9.17) is 31.4 Å². The van der Waals surface area contributed by atoms with E-state index in [0.29, 0.717) is 11.0 Å². The Labute approximate surface area is 214 Å². The molecule has 4 aromatic carbocycles. The molecule has 1 aliphatic heterocycles. The van der Waals surface area contributed by atoms with Crippen molar-refractivity contribution in [1.82, 2.24) is 9.97 Å². The molecule has 5 aromatic rings. The van der Waals surface area contributed by atoms with E-state index in [0.717, 1.165) is 51.2 Å². The van der Waals surface area contributed by atoms with Gasteiger partial charge in [-0.1, -0.05) is 72.3 Å². The lowest BCUT2D eigenvalue weighted by Crippen LogP contribution is -2.21. The number of ether oxygens (including phenoxy) is 1. The lowest BCUT2D eigenvalue weighted by atomic mass is 9.98. The molecule has 1 aliphatic rings. The summed E-state index contributed by atoms with van der Waals surface area (Å²) in [7, 11) is 1.67. The van der Waals surface area contributed by atoms with E-state index in [1.165, 1.54) is 0 Å². The number of halogens is 1. The summed E-state index contributed by atoms with van der Waals surface area (Å²) in [4.78, 5) is 10.00. The molecule has 0 saturated heterocycles. The average molecular weight is 491 g/mol. The lowest BCUT2D eigenvalue weighted by Gasteiger charge is -2.23. The molecule has 1 atom stereocenters. The van der Waals surface area contributed by atoms with Crippen molar-refractivity contribution < 1.29 is 4.74 Å². The Morgan fingerprint density at radius 2 is 1.53 bits per heavy atom. The van der Waals surface area contributed by atoms with Gasteiger partial charge < -0.3 is 4.74 Å². The molecule has 0 spiro atoms. The van der Waals surface area contributed by atoms with Crippen LogP contribution < -0.4 is 9.75 Å². The largest absolute Gasteiger partial charge is 0.497 e. The number of fused-ring (bicyclic) bond motifs is 1. The van der Waals surface area contributed by atoms with Gasteiger partial charge in [0.2, 0.25) is 5.95 Å². The van der Waals surface area contributed by atoms with E-state index in [-0.39, 0.29) is 6.04 Å². The maximum absolute atomic E-state index is 6.36. The number of aromatic nitrogens is 2. The Morgan fingerprint density at radius 1 is 0.806 bits per heavy atom. The molecule has 0 amide bonds. The van der Waals surface area contributed by atoms with Crippen molar-refractivity contribution in [2.24, 2.45) is 5.10 Å². The highest BCUT2D eigenvalue weighted by atomic mass is 35.5. The minimum atomic E-state index is -0.0309. The van der Waals surface area contributed by atoms with Crippen LogP contribution in [0.2, 0.25) is 5.02 Å². The van der Waals surface area contributed by atoms with Crippen molar-refractivity contribution in [3.63, 3.8) is 0 Å². The molecule has 0 aliphatic carbocycles. The number of benzene rings is 4. The summed E-state index contributed by atoms with van der Waals surface area (Å²) in [5.74, 6) is 1.37. The SMILES string of the molecule is COc1ccc(C2=NN(c3nc(-c4ccccc4)c4cc(Cl)ccc4n3)[C@@H](c3ccccc3)C2)cc1. The number of methoxy groups -OCH3 is 1. The van der Waals surface area contributed by atoms with Gasteiger partial charge in [-0.3, -0.25) is 0 Å². The van der Waals surface area contributed by atoms with Gasteiger partial charge >= 0.3 is 0 Å². The summed E-state index contributed by atoms with van der Waals surface area (Å²) in [6.07, 6.45) is 0.735. The van der Waals surface area contributed by atoms with Gasteiger partial charge in [-0.15, -0.1) is 0 Å². The van der Waals surface area contributed by atoms with Crippen LogP contribution in [-0.2, 0) is 0 Å². The molecule has 36 heavy (non-hydrogen) atoms. The van der Waals surface area contributed by atoms with E-state index in [2.05, 4.69) is 36.4 Å². The molecule has 2 heterocycles. The summed E-state index contributed by atoms with van der Waals surface area (Å²) in [5.41, 5.74) is 5.85. The zero-order valence-corrected chi connectivity index (χ0v) is 20.4. The second-order valence-electron chi connectivity index (χ2n) is 8.65. The molecule has 0 radical (unpaired) electrons. The van der Waals surface area contributed by atoms with E-state index < -0.39 is 0 Å². The van der Waals surface area contributed by atoms with Crippen LogP contribution in [-0.4, -0.2) is 22.8 Å². The number of rotatable bonds is 5. The third kappa shape index (κ3) is 4.18. The summed E-state index contributed by atoms with van der Waals surface area (Å²) in [6, 6.07) is 34.2. The average Bonchev–Trinajstić information content (AvgIpc) is 3.39.